The second-order valence-corrected chi connectivity index (χ2v) is 9.63. The summed E-state index contributed by atoms with van der Waals surface area (Å²) in [7, 11) is 0. The first-order valence-corrected chi connectivity index (χ1v) is 13.0. The van der Waals surface area contributed by atoms with E-state index in [9.17, 15) is 9.90 Å². The van der Waals surface area contributed by atoms with E-state index < -0.39 is 12.2 Å². The van der Waals surface area contributed by atoms with Gasteiger partial charge in [-0.2, -0.15) is 9.57 Å². The van der Waals surface area contributed by atoms with Crippen molar-refractivity contribution in [2.24, 2.45) is 0 Å². The van der Waals surface area contributed by atoms with Crippen LogP contribution in [-0.2, 0) is 21.1 Å². The molecule has 0 amide bonds. The number of benzene rings is 3. The Bertz CT molecular complexity index is 1370. The number of aromatic nitrogens is 4. The van der Waals surface area contributed by atoms with Crippen molar-refractivity contribution in [2.45, 2.75) is 32.7 Å². The van der Waals surface area contributed by atoms with E-state index in [1.54, 1.807) is 13.0 Å². The summed E-state index contributed by atoms with van der Waals surface area (Å²) in [6.07, 6.45) is -0.703. The van der Waals surface area contributed by atoms with Crippen LogP contribution in [0.1, 0.15) is 42.8 Å². The number of tetrazole rings is 1. The van der Waals surface area contributed by atoms with Crippen LogP contribution in [-0.4, -0.2) is 67.3 Å². The Morgan fingerprint density at radius 1 is 0.949 bits per heavy atom. The lowest BCUT2D eigenvalue weighted by atomic mass is 9.95. The molecule has 0 aliphatic carbocycles. The van der Waals surface area contributed by atoms with Crippen molar-refractivity contribution in [3.63, 3.8) is 0 Å². The molecule has 0 bridgehead atoms. The van der Waals surface area contributed by atoms with Crippen LogP contribution in [0.15, 0.2) is 78.9 Å². The smallest absolute Gasteiger partial charge is 0.339 e. The summed E-state index contributed by atoms with van der Waals surface area (Å²) < 4.78 is 1.45. The highest BCUT2D eigenvalue weighted by Crippen LogP contribution is 2.33. The van der Waals surface area contributed by atoms with Crippen molar-refractivity contribution < 1.29 is 19.7 Å². The highest BCUT2D eigenvalue weighted by atomic mass is 17.2. The topological polar surface area (TPSA) is 106 Å². The number of piperazine rings is 1. The molecular formula is C29H32N6O4. The average molecular weight is 529 g/mol. The maximum Gasteiger partial charge on any atom is 0.339 e. The van der Waals surface area contributed by atoms with Crippen molar-refractivity contribution in [1.29, 1.82) is 0 Å². The van der Waals surface area contributed by atoms with Crippen LogP contribution in [0.25, 0.3) is 11.4 Å². The van der Waals surface area contributed by atoms with Crippen molar-refractivity contribution >= 4 is 5.97 Å². The Morgan fingerprint density at radius 2 is 1.69 bits per heavy atom. The average Bonchev–Trinajstić information content (AvgIpc) is 3.44. The van der Waals surface area contributed by atoms with Gasteiger partial charge in [0.2, 0.25) is 0 Å². The van der Waals surface area contributed by atoms with E-state index in [1.807, 2.05) is 30.3 Å². The predicted molar refractivity (Wildman–Crippen MR) is 144 cm³/mol. The molecule has 202 valence electrons. The van der Waals surface area contributed by atoms with Gasteiger partial charge in [-0.1, -0.05) is 66.7 Å². The van der Waals surface area contributed by atoms with Gasteiger partial charge in [0.05, 0.1) is 6.04 Å². The molecule has 1 N–H and O–H groups in total. The number of hydrogen-bond donors (Lipinski definition) is 1. The molecule has 1 aliphatic rings. The first-order valence-electron chi connectivity index (χ1n) is 13.0. The first-order chi connectivity index (χ1) is 19.0. The third kappa shape index (κ3) is 6.48. The van der Waals surface area contributed by atoms with Crippen LogP contribution in [0.3, 0.4) is 0 Å². The maximum atomic E-state index is 11.1. The number of hydrogen-bond acceptors (Lipinski definition) is 9. The first kappa shape index (κ1) is 26.5. The fourth-order valence-electron chi connectivity index (χ4n) is 4.95. The van der Waals surface area contributed by atoms with Crippen LogP contribution in [0.5, 0.6) is 5.75 Å². The Morgan fingerprint density at radius 3 is 2.38 bits per heavy atom. The van der Waals surface area contributed by atoms with Crippen molar-refractivity contribution in [1.82, 2.24) is 30.0 Å². The molecule has 0 spiro atoms. The third-order valence-electron chi connectivity index (χ3n) is 6.83. The fourth-order valence-corrected chi connectivity index (χ4v) is 4.95. The summed E-state index contributed by atoms with van der Waals surface area (Å²) in [6, 6.07) is 26.1. The van der Waals surface area contributed by atoms with Gasteiger partial charge in [0.1, 0.15) is 5.75 Å². The zero-order valence-electron chi connectivity index (χ0n) is 22.1. The highest BCUT2D eigenvalue weighted by molar-refractivity contribution is 5.65. The van der Waals surface area contributed by atoms with Gasteiger partial charge in [0.15, 0.2) is 12.1 Å². The van der Waals surface area contributed by atoms with Crippen molar-refractivity contribution in [3.8, 4) is 17.1 Å². The van der Waals surface area contributed by atoms with E-state index in [0.29, 0.717) is 5.82 Å². The number of nitrogens with zero attached hydrogens (tertiary/aromatic N) is 6. The second kappa shape index (κ2) is 12.2. The lowest BCUT2D eigenvalue weighted by Crippen LogP contribution is -2.47. The van der Waals surface area contributed by atoms with Gasteiger partial charge < -0.3 is 5.11 Å². The Balaban J connectivity index is 1.35. The third-order valence-corrected chi connectivity index (χ3v) is 6.83. The minimum atomic E-state index is -0.703. The van der Waals surface area contributed by atoms with Gasteiger partial charge in [0.25, 0.3) is 0 Å². The molecule has 1 aliphatic heterocycles. The van der Waals surface area contributed by atoms with Gasteiger partial charge in [-0.05, 0) is 46.2 Å². The van der Waals surface area contributed by atoms with E-state index >= 15 is 0 Å². The van der Waals surface area contributed by atoms with E-state index in [0.717, 1.165) is 49.4 Å². The molecule has 0 saturated carbocycles. The second-order valence-electron chi connectivity index (χ2n) is 9.63. The van der Waals surface area contributed by atoms with Crippen LogP contribution in [0.4, 0.5) is 0 Å². The Labute approximate surface area is 227 Å². The summed E-state index contributed by atoms with van der Waals surface area (Å²) in [6.45, 7) is 7.60. The van der Waals surface area contributed by atoms with Gasteiger partial charge in [-0.25, -0.2) is 4.79 Å². The van der Waals surface area contributed by atoms with Gasteiger partial charge in [-0.3, -0.25) is 14.7 Å². The molecule has 1 saturated heterocycles. The van der Waals surface area contributed by atoms with Crippen LogP contribution in [0, 0.1) is 0 Å². The number of carbonyl (C=O) groups excluding carboxylic acids is 1. The molecular weight excluding hydrogens is 496 g/mol. The van der Waals surface area contributed by atoms with Gasteiger partial charge in [0, 0.05) is 45.2 Å². The highest BCUT2D eigenvalue weighted by Gasteiger charge is 2.27. The normalized spacial score (nSPS) is 16.1. The van der Waals surface area contributed by atoms with E-state index in [4.69, 9.17) is 4.89 Å². The molecule has 2 heterocycles. The quantitative estimate of drug-likeness (QED) is 0.255. The summed E-state index contributed by atoms with van der Waals surface area (Å²) in [5, 5.41) is 22.2. The summed E-state index contributed by atoms with van der Waals surface area (Å²) in [5.74, 6) is 0.183. The van der Waals surface area contributed by atoms with E-state index in [2.05, 4.69) is 72.7 Å². The molecule has 1 aromatic heterocycles. The van der Waals surface area contributed by atoms with Crippen LogP contribution >= 0.6 is 0 Å². The number of carbonyl (C=O) groups is 1. The van der Waals surface area contributed by atoms with Gasteiger partial charge >= 0.3 is 5.97 Å². The van der Waals surface area contributed by atoms with E-state index in [1.165, 1.54) is 17.2 Å². The van der Waals surface area contributed by atoms with Crippen LogP contribution in [0.2, 0.25) is 0 Å². The lowest BCUT2D eigenvalue weighted by Gasteiger charge is -2.40. The molecule has 10 heteroatoms. The number of phenols is 1. The minimum Gasteiger partial charge on any atom is -0.508 e. The molecule has 0 radical (unpaired) electrons. The molecule has 4 aromatic rings. The van der Waals surface area contributed by atoms with Crippen molar-refractivity contribution in [2.75, 3.05) is 26.2 Å². The zero-order chi connectivity index (χ0) is 27.2. The zero-order valence-corrected chi connectivity index (χ0v) is 22.1. The van der Waals surface area contributed by atoms with Gasteiger partial charge in [-0.15, -0.1) is 5.10 Å². The monoisotopic (exact) mass is 528 g/mol. The predicted octanol–water partition coefficient (Wildman–Crippen LogP) is 3.97. The molecule has 2 unspecified atom stereocenters. The summed E-state index contributed by atoms with van der Waals surface area (Å²) in [5.41, 5.74) is 4.25. The Hall–Kier alpha value is -4.12. The minimum absolute atomic E-state index is 0.0211. The molecule has 39 heavy (non-hydrogen) atoms. The van der Waals surface area contributed by atoms with E-state index in [-0.39, 0.29) is 11.8 Å². The summed E-state index contributed by atoms with van der Waals surface area (Å²) in [4.78, 5) is 25.8. The molecule has 1 fully saturated rings. The lowest BCUT2D eigenvalue weighted by molar-refractivity contribution is -0.311. The molecule has 3 aromatic carbocycles. The molecule has 10 nitrogen and oxygen atoms in total. The Kier molecular flexibility index (Phi) is 8.26. The largest absolute Gasteiger partial charge is 0.508 e. The number of rotatable bonds is 9. The SMILES string of the molecule is CC(=O)OOC(C)n1nnnc1-c1ccc(C(c2cccc(O)c2)N2CCN(Cc3ccccc3)CC2)cc1. The molecule has 2 atom stereocenters. The standard InChI is InChI=1S/C29H32N6O4/c1-21(38-39-22(2)36)35-29(30-31-32-35)25-13-11-24(12-14-25)28(26-9-6-10-27(37)19-26)34-17-15-33(16-18-34)20-23-7-4-3-5-8-23/h3-14,19,21,28,37H,15-18,20H2,1-2H3. The van der Waals surface area contributed by atoms with Crippen LogP contribution < -0.4 is 0 Å². The summed E-state index contributed by atoms with van der Waals surface area (Å²) >= 11 is 0. The maximum absolute atomic E-state index is 11.1. The molecule has 5 rings (SSSR count). The number of aromatic hydroxyl groups is 1. The number of phenolic OH excluding ortho intramolecular Hbond substituents is 1. The fraction of sp³-hybridized carbons (Fsp3) is 0.310. The van der Waals surface area contributed by atoms with Crippen molar-refractivity contribution in [3.05, 3.63) is 95.6 Å².